The molecule has 0 bridgehead atoms. The molecule has 0 aliphatic rings. The van der Waals surface area contributed by atoms with Crippen molar-refractivity contribution in [3.8, 4) is 0 Å². The number of alkyl halides is 1. The summed E-state index contributed by atoms with van der Waals surface area (Å²) in [7, 11) is 0. The van der Waals surface area contributed by atoms with Crippen LogP contribution >= 0.6 is 22.6 Å². The summed E-state index contributed by atoms with van der Waals surface area (Å²) in [6, 6.07) is 9.23. The third-order valence-corrected chi connectivity index (χ3v) is 2.32. The molecule has 0 aliphatic carbocycles. The Balaban J connectivity index is 2.32. The summed E-state index contributed by atoms with van der Waals surface area (Å²) in [6.45, 7) is 0.594. The second-order valence-corrected chi connectivity index (χ2v) is 4.09. The van der Waals surface area contributed by atoms with E-state index in [1.807, 2.05) is 30.3 Å². The summed E-state index contributed by atoms with van der Waals surface area (Å²) in [6.07, 6.45) is 0. The van der Waals surface area contributed by atoms with Crippen molar-refractivity contribution in [3.63, 3.8) is 0 Å². The van der Waals surface area contributed by atoms with Gasteiger partial charge in [-0.1, -0.05) is 52.9 Å². The molecule has 86 valence electrons. The lowest BCUT2D eigenvalue weighted by Gasteiger charge is -2.04. The minimum absolute atomic E-state index is 0.122. The van der Waals surface area contributed by atoms with Gasteiger partial charge in [0.2, 0.25) is 0 Å². The number of esters is 1. The SMILES string of the molecule is O=C(NCCI)C(=O)OCc1ccccc1. The largest absolute Gasteiger partial charge is 0.454 e. The molecule has 0 heterocycles. The number of carbonyl (C=O) groups is 2. The zero-order valence-corrected chi connectivity index (χ0v) is 10.8. The number of hydrogen-bond donors (Lipinski definition) is 1. The van der Waals surface area contributed by atoms with E-state index in [-0.39, 0.29) is 6.61 Å². The van der Waals surface area contributed by atoms with Crippen molar-refractivity contribution >= 4 is 34.5 Å². The van der Waals surface area contributed by atoms with E-state index in [1.165, 1.54) is 0 Å². The van der Waals surface area contributed by atoms with Crippen LogP contribution in [0.3, 0.4) is 0 Å². The monoisotopic (exact) mass is 333 g/mol. The quantitative estimate of drug-likeness (QED) is 0.391. The molecular weight excluding hydrogens is 321 g/mol. The number of carbonyl (C=O) groups excluding carboxylic acids is 2. The maximum atomic E-state index is 11.2. The van der Waals surface area contributed by atoms with E-state index in [4.69, 9.17) is 4.74 Å². The van der Waals surface area contributed by atoms with Gasteiger partial charge in [-0.25, -0.2) is 4.79 Å². The Bertz CT molecular complexity index is 354. The first-order valence-electron chi connectivity index (χ1n) is 4.79. The van der Waals surface area contributed by atoms with Crippen LogP contribution in [0.2, 0.25) is 0 Å². The number of rotatable bonds is 4. The minimum atomic E-state index is -0.839. The van der Waals surface area contributed by atoms with Gasteiger partial charge in [0, 0.05) is 11.0 Å². The van der Waals surface area contributed by atoms with Gasteiger partial charge in [-0.3, -0.25) is 4.79 Å². The van der Waals surface area contributed by atoms with Crippen LogP contribution in [0.15, 0.2) is 30.3 Å². The van der Waals surface area contributed by atoms with Crippen LogP contribution < -0.4 is 5.32 Å². The van der Waals surface area contributed by atoms with Crippen molar-refractivity contribution in [1.82, 2.24) is 5.32 Å². The number of nitrogens with one attached hydrogen (secondary N) is 1. The van der Waals surface area contributed by atoms with E-state index in [1.54, 1.807) is 0 Å². The van der Waals surface area contributed by atoms with Crippen LogP contribution in [-0.4, -0.2) is 22.8 Å². The fourth-order valence-corrected chi connectivity index (χ4v) is 1.29. The Morgan fingerprint density at radius 2 is 1.94 bits per heavy atom. The molecule has 4 nitrogen and oxygen atoms in total. The average molecular weight is 333 g/mol. The van der Waals surface area contributed by atoms with Gasteiger partial charge in [0.15, 0.2) is 0 Å². The van der Waals surface area contributed by atoms with E-state index >= 15 is 0 Å². The van der Waals surface area contributed by atoms with E-state index in [0.717, 1.165) is 9.99 Å². The van der Waals surface area contributed by atoms with Crippen LogP contribution in [0.4, 0.5) is 0 Å². The van der Waals surface area contributed by atoms with Crippen molar-refractivity contribution in [2.24, 2.45) is 0 Å². The lowest BCUT2D eigenvalue weighted by molar-refractivity contribution is -0.155. The molecule has 0 unspecified atom stereocenters. The van der Waals surface area contributed by atoms with Crippen molar-refractivity contribution in [2.45, 2.75) is 6.61 Å². The van der Waals surface area contributed by atoms with E-state index < -0.39 is 11.9 Å². The summed E-state index contributed by atoms with van der Waals surface area (Å²) in [5.41, 5.74) is 0.859. The molecule has 0 spiro atoms. The maximum absolute atomic E-state index is 11.2. The van der Waals surface area contributed by atoms with Gasteiger partial charge in [0.05, 0.1) is 0 Å². The highest BCUT2D eigenvalue weighted by atomic mass is 127. The predicted octanol–water partition coefficient (Wildman–Crippen LogP) is 1.28. The molecule has 1 aromatic carbocycles. The van der Waals surface area contributed by atoms with E-state index in [2.05, 4.69) is 27.9 Å². The van der Waals surface area contributed by atoms with Gasteiger partial charge < -0.3 is 10.1 Å². The average Bonchev–Trinajstić information content (AvgIpc) is 2.34. The molecular formula is C11H12INO3. The molecule has 0 fully saturated rings. The molecule has 0 aliphatic heterocycles. The molecule has 1 N–H and O–H groups in total. The zero-order chi connectivity index (χ0) is 11.8. The summed E-state index contributed by atoms with van der Waals surface area (Å²) in [5.74, 6) is -1.53. The first-order chi connectivity index (χ1) is 7.74. The maximum Gasteiger partial charge on any atom is 0.397 e. The highest BCUT2D eigenvalue weighted by molar-refractivity contribution is 14.1. The van der Waals surface area contributed by atoms with Crippen LogP contribution in [0.25, 0.3) is 0 Å². The minimum Gasteiger partial charge on any atom is -0.454 e. The highest BCUT2D eigenvalue weighted by Gasteiger charge is 2.13. The fourth-order valence-electron chi connectivity index (χ4n) is 1.02. The Kier molecular flexibility index (Phi) is 5.84. The topological polar surface area (TPSA) is 55.4 Å². The summed E-state index contributed by atoms with van der Waals surface area (Å²) in [5, 5.41) is 2.45. The molecule has 1 aromatic rings. The van der Waals surface area contributed by atoms with Gasteiger partial charge >= 0.3 is 11.9 Å². The molecule has 0 atom stereocenters. The van der Waals surface area contributed by atoms with Crippen LogP contribution in [0.5, 0.6) is 0 Å². The van der Waals surface area contributed by atoms with Crippen LogP contribution in [-0.2, 0) is 20.9 Å². The molecule has 1 rings (SSSR count). The second kappa shape index (κ2) is 7.21. The van der Waals surface area contributed by atoms with Gasteiger partial charge in [0.1, 0.15) is 6.61 Å². The Morgan fingerprint density at radius 1 is 1.25 bits per heavy atom. The second-order valence-electron chi connectivity index (χ2n) is 3.01. The third-order valence-electron chi connectivity index (χ3n) is 1.78. The lowest BCUT2D eigenvalue weighted by atomic mass is 10.2. The lowest BCUT2D eigenvalue weighted by Crippen LogP contribution is -2.33. The van der Waals surface area contributed by atoms with Crippen molar-refractivity contribution in [2.75, 3.05) is 11.0 Å². The molecule has 0 saturated heterocycles. The number of benzene rings is 1. The first kappa shape index (κ1) is 13.0. The van der Waals surface area contributed by atoms with Gasteiger partial charge in [-0.15, -0.1) is 0 Å². The first-order valence-corrected chi connectivity index (χ1v) is 6.31. The normalized spacial score (nSPS) is 9.56. The van der Waals surface area contributed by atoms with Crippen LogP contribution in [0, 0.1) is 0 Å². The van der Waals surface area contributed by atoms with Crippen LogP contribution in [0.1, 0.15) is 5.56 Å². The number of ether oxygens (including phenoxy) is 1. The highest BCUT2D eigenvalue weighted by Crippen LogP contribution is 2.00. The Labute approximate surface area is 108 Å². The van der Waals surface area contributed by atoms with Crippen molar-refractivity contribution < 1.29 is 14.3 Å². The van der Waals surface area contributed by atoms with Crippen molar-refractivity contribution in [1.29, 1.82) is 0 Å². The number of hydrogen-bond acceptors (Lipinski definition) is 3. The molecule has 1 amide bonds. The molecule has 5 heteroatoms. The van der Waals surface area contributed by atoms with Gasteiger partial charge in [-0.2, -0.15) is 0 Å². The summed E-state index contributed by atoms with van der Waals surface area (Å²) in [4.78, 5) is 22.3. The van der Waals surface area contributed by atoms with E-state index in [9.17, 15) is 9.59 Å². The molecule has 0 radical (unpaired) electrons. The van der Waals surface area contributed by atoms with Gasteiger partial charge in [-0.05, 0) is 5.56 Å². The summed E-state index contributed by atoms with van der Waals surface area (Å²) >= 11 is 2.11. The fraction of sp³-hybridized carbons (Fsp3) is 0.273. The molecule has 0 aromatic heterocycles. The van der Waals surface area contributed by atoms with Gasteiger partial charge in [0.25, 0.3) is 0 Å². The number of amides is 1. The predicted molar refractivity (Wildman–Crippen MR) is 68.1 cm³/mol. The molecule has 16 heavy (non-hydrogen) atoms. The Hall–Kier alpha value is -1.11. The zero-order valence-electron chi connectivity index (χ0n) is 8.61. The Morgan fingerprint density at radius 3 is 2.56 bits per heavy atom. The van der Waals surface area contributed by atoms with E-state index in [0.29, 0.717) is 6.54 Å². The van der Waals surface area contributed by atoms with Crippen molar-refractivity contribution in [3.05, 3.63) is 35.9 Å². The summed E-state index contributed by atoms with van der Waals surface area (Å²) < 4.78 is 5.59. The molecule has 0 saturated carbocycles. The third kappa shape index (κ3) is 4.61. The number of halogens is 1. The standard InChI is InChI=1S/C11H12INO3/c12-6-7-13-10(14)11(15)16-8-9-4-2-1-3-5-9/h1-5H,6-8H2,(H,13,14). The smallest absolute Gasteiger partial charge is 0.397 e.